The number of ether oxygens (including phenoxy) is 1. The van der Waals surface area contributed by atoms with Crippen molar-refractivity contribution < 1.29 is 9.53 Å². The predicted molar refractivity (Wildman–Crippen MR) is 110 cm³/mol. The van der Waals surface area contributed by atoms with Crippen LogP contribution in [0.4, 0.5) is 11.5 Å². The van der Waals surface area contributed by atoms with E-state index < -0.39 is 0 Å². The molecule has 0 unspecified atom stereocenters. The quantitative estimate of drug-likeness (QED) is 0.719. The number of piperidine rings is 1. The number of amides is 1. The first-order valence-corrected chi connectivity index (χ1v) is 9.68. The summed E-state index contributed by atoms with van der Waals surface area (Å²) in [5.74, 6) is 1.97. The Morgan fingerprint density at radius 2 is 2.03 bits per heavy atom. The van der Waals surface area contributed by atoms with Crippen LogP contribution in [0.3, 0.4) is 0 Å². The van der Waals surface area contributed by atoms with Crippen molar-refractivity contribution in [1.82, 2.24) is 20.0 Å². The highest BCUT2D eigenvalue weighted by atomic mass is 16.5. The number of anilines is 2. The van der Waals surface area contributed by atoms with Crippen molar-refractivity contribution in [2.24, 2.45) is 5.92 Å². The summed E-state index contributed by atoms with van der Waals surface area (Å²) in [6.07, 6.45) is 5.29. The molecule has 1 N–H and O–H groups in total. The van der Waals surface area contributed by atoms with Gasteiger partial charge in [0.1, 0.15) is 5.75 Å². The maximum absolute atomic E-state index is 12.9. The Hall–Kier alpha value is -3.42. The van der Waals surface area contributed by atoms with E-state index in [2.05, 4.69) is 25.5 Å². The van der Waals surface area contributed by atoms with E-state index in [4.69, 9.17) is 4.74 Å². The molecule has 1 fully saturated rings. The van der Waals surface area contributed by atoms with Gasteiger partial charge >= 0.3 is 0 Å². The second-order valence-electron chi connectivity index (χ2n) is 7.18. The third-order valence-electron chi connectivity index (χ3n) is 5.10. The Kier molecular flexibility index (Phi) is 5.41. The van der Waals surface area contributed by atoms with E-state index >= 15 is 0 Å². The van der Waals surface area contributed by atoms with Gasteiger partial charge < -0.3 is 15.0 Å². The number of hydrogen-bond donors (Lipinski definition) is 1. The van der Waals surface area contributed by atoms with Crippen molar-refractivity contribution in [3.8, 4) is 11.6 Å². The Labute approximate surface area is 169 Å². The molecule has 3 heterocycles. The van der Waals surface area contributed by atoms with E-state index in [1.807, 2.05) is 49.5 Å². The Bertz CT molecular complexity index is 971. The van der Waals surface area contributed by atoms with Gasteiger partial charge in [0.25, 0.3) is 0 Å². The second-order valence-corrected chi connectivity index (χ2v) is 7.18. The van der Waals surface area contributed by atoms with Gasteiger partial charge in [0.15, 0.2) is 11.6 Å². The molecule has 1 amide bonds. The minimum Gasteiger partial charge on any atom is -0.495 e. The fourth-order valence-corrected chi connectivity index (χ4v) is 3.57. The van der Waals surface area contributed by atoms with Gasteiger partial charge in [-0.15, -0.1) is 10.2 Å². The summed E-state index contributed by atoms with van der Waals surface area (Å²) >= 11 is 0. The van der Waals surface area contributed by atoms with Crippen molar-refractivity contribution in [1.29, 1.82) is 0 Å². The zero-order valence-corrected chi connectivity index (χ0v) is 16.6. The molecule has 8 heteroatoms. The normalized spacial score (nSPS) is 16.5. The number of methoxy groups -OCH3 is 1. The number of carbonyl (C=O) groups excluding carboxylic acids is 1. The molecule has 1 aromatic carbocycles. The average molecular weight is 392 g/mol. The molecule has 0 aliphatic carbocycles. The fourth-order valence-electron chi connectivity index (χ4n) is 3.57. The molecular formula is C21H24N6O2. The molecule has 1 aliphatic rings. The number of hydrogen-bond acceptors (Lipinski definition) is 6. The van der Waals surface area contributed by atoms with Crippen molar-refractivity contribution in [3.63, 3.8) is 0 Å². The van der Waals surface area contributed by atoms with E-state index in [1.165, 1.54) is 0 Å². The molecule has 8 nitrogen and oxygen atoms in total. The largest absolute Gasteiger partial charge is 0.495 e. The highest BCUT2D eigenvalue weighted by Gasteiger charge is 2.27. The van der Waals surface area contributed by atoms with Gasteiger partial charge in [0, 0.05) is 25.5 Å². The van der Waals surface area contributed by atoms with E-state index in [0.717, 1.165) is 30.8 Å². The highest BCUT2D eigenvalue weighted by Crippen LogP contribution is 2.28. The first-order valence-electron chi connectivity index (χ1n) is 9.68. The molecule has 150 valence electrons. The molecule has 0 radical (unpaired) electrons. The van der Waals surface area contributed by atoms with Crippen LogP contribution in [0, 0.1) is 12.8 Å². The van der Waals surface area contributed by atoms with Gasteiger partial charge in [-0.2, -0.15) is 5.10 Å². The lowest BCUT2D eigenvalue weighted by Gasteiger charge is -2.32. The van der Waals surface area contributed by atoms with Crippen LogP contribution in [0.5, 0.6) is 5.75 Å². The maximum Gasteiger partial charge on any atom is 0.229 e. The molecule has 1 saturated heterocycles. The molecule has 1 aliphatic heterocycles. The first-order chi connectivity index (χ1) is 14.1. The van der Waals surface area contributed by atoms with Crippen LogP contribution in [0.25, 0.3) is 5.82 Å². The number of carbonyl (C=O) groups is 1. The standard InChI is InChI=1S/C21H24N6O2/c1-15-6-7-18(29-2)17(13-15)23-21(28)16-5-3-11-26(14-16)19-8-9-20(25-24-19)27-12-4-10-22-27/h4,6-10,12-13,16H,3,5,11,14H2,1-2H3,(H,23,28)/t16-/m1/s1. The number of benzene rings is 1. The van der Waals surface area contributed by atoms with E-state index in [0.29, 0.717) is 23.8 Å². The number of aromatic nitrogens is 4. The highest BCUT2D eigenvalue weighted by molar-refractivity contribution is 5.94. The lowest BCUT2D eigenvalue weighted by Crippen LogP contribution is -2.41. The maximum atomic E-state index is 12.9. The van der Waals surface area contributed by atoms with Crippen LogP contribution < -0.4 is 15.0 Å². The van der Waals surface area contributed by atoms with Crippen LogP contribution in [-0.2, 0) is 4.79 Å². The molecular weight excluding hydrogens is 368 g/mol. The Balaban J connectivity index is 1.44. The van der Waals surface area contributed by atoms with Crippen LogP contribution in [0.2, 0.25) is 0 Å². The molecule has 3 aromatic rings. The van der Waals surface area contributed by atoms with Gasteiger partial charge in [-0.25, -0.2) is 4.68 Å². The lowest BCUT2D eigenvalue weighted by molar-refractivity contribution is -0.120. The number of rotatable bonds is 5. The summed E-state index contributed by atoms with van der Waals surface area (Å²) in [7, 11) is 1.61. The van der Waals surface area contributed by atoms with Crippen LogP contribution in [0.15, 0.2) is 48.8 Å². The van der Waals surface area contributed by atoms with Crippen LogP contribution in [0.1, 0.15) is 18.4 Å². The Morgan fingerprint density at radius 3 is 2.76 bits per heavy atom. The third-order valence-corrected chi connectivity index (χ3v) is 5.10. The van der Waals surface area contributed by atoms with Crippen molar-refractivity contribution >= 4 is 17.4 Å². The topological polar surface area (TPSA) is 85.2 Å². The van der Waals surface area contributed by atoms with Gasteiger partial charge in [-0.1, -0.05) is 6.07 Å². The van der Waals surface area contributed by atoms with E-state index in [-0.39, 0.29) is 11.8 Å². The van der Waals surface area contributed by atoms with Crippen LogP contribution >= 0.6 is 0 Å². The van der Waals surface area contributed by atoms with Gasteiger partial charge in [-0.3, -0.25) is 4.79 Å². The second kappa shape index (κ2) is 8.30. The summed E-state index contributed by atoms with van der Waals surface area (Å²) in [6, 6.07) is 11.4. The minimum absolute atomic E-state index is 0.000259. The zero-order valence-electron chi connectivity index (χ0n) is 16.6. The lowest BCUT2D eigenvalue weighted by atomic mass is 9.97. The predicted octanol–water partition coefficient (Wildman–Crippen LogP) is 2.83. The number of nitrogens with zero attached hydrogens (tertiary/aromatic N) is 5. The molecule has 29 heavy (non-hydrogen) atoms. The number of nitrogens with one attached hydrogen (secondary N) is 1. The SMILES string of the molecule is COc1ccc(C)cc1NC(=O)[C@@H]1CCCN(c2ccc(-n3cccn3)nn2)C1. The van der Waals surface area contributed by atoms with Crippen LogP contribution in [-0.4, -0.2) is 46.1 Å². The third kappa shape index (κ3) is 4.21. The summed E-state index contributed by atoms with van der Waals surface area (Å²) in [5, 5.41) is 15.8. The molecule has 1 atom stereocenters. The molecule has 2 aromatic heterocycles. The summed E-state index contributed by atoms with van der Waals surface area (Å²) < 4.78 is 7.04. The first kappa shape index (κ1) is 18.9. The van der Waals surface area contributed by atoms with E-state index in [9.17, 15) is 4.79 Å². The smallest absolute Gasteiger partial charge is 0.229 e. The molecule has 0 bridgehead atoms. The number of aryl methyl sites for hydroxylation is 1. The monoisotopic (exact) mass is 392 g/mol. The van der Waals surface area contributed by atoms with Gasteiger partial charge in [0.05, 0.1) is 18.7 Å². The minimum atomic E-state index is -0.124. The van der Waals surface area contributed by atoms with Gasteiger partial charge in [-0.05, 0) is 55.7 Å². The van der Waals surface area contributed by atoms with Gasteiger partial charge in [0.2, 0.25) is 5.91 Å². The average Bonchev–Trinajstić information content (AvgIpc) is 3.29. The Morgan fingerprint density at radius 1 is 1.21 bits per heavy atom. The van der Waals surface area contributed by atoms with E-state index in [1.54, 1.807) is 18.0 Å². The van der Waals surface area contributed by atoms with Crippen molar-refractivity contribution in [3.05, 3.63) is 54.4 Å². The molecule has 0 spiro atoms. The van der Waals surface area contributed by atoms with Crippen molar-refractivity contribution in [2.45, 2.75) is 19.8 Å². The zero-order chi connectivity index (χ0) is 20.2. The fraction of sp³-hybridized carbons (Fsp3) is 0.333. The van der Waals surface area contributed by atoms with Crippen molar-refractivity contribution in [2.75, 3.05) is 30.4 Å². The summed E-state index contributed by atoms with van der Waals surface area (Å²) in [5.41, 5.74) is 1.77. The summed E-state index contributed by atoms with van der Waals surface area (Å²) in [4.78, 5) is 15.0. The molecule has 0 saturated carbocycles. The molecule has 4 rings (SSSR count). The summed E-state index contributed by atoms with van der Waals surface area (Å²) in [6.45, 7) is 3.45.